The van der Waals surface area contributed by atoms with Crippen molar-refractivity contribution in [2.24, 2.45) is 0 Å². The monoisotopic (exact) mass is 443 g/mol. The number of aromatic nitrogens is 3. The van der Waals surface area contributed by atoms with Gasteiger partial charge in [0.15, 0.2) is 5.58 Å². The minimum atomic E-state index is -0.361. The highest BCUT2D eigenvalue weighted by atomic mass is 32.2. The Balaban J connectivity index is 1.28. The van der Waals surface area contributed by atoms with Gasteiger partial charge in [-0.25, -0.2) is 9.97 Å². The molecule has 32 heavy (non-hydrogen) atoms. The topological polar surface area (TPSA) is 116 Å². The number of thioether (sulfide) groups is 1. The molecule has 2 aliphatic rings. The number of pyridine rings is 1. The molecule has 0 aliphatic carbocycles. The first-order chi connectivity index (χ1) is 15.6. The van der Waals surface area contributed by atoms with Gasteiger partial charge in [0.25, 0.3) is 5.56 Å². The van der Waals surface area contributed by atoms with E-state index in [4.69, 9.17) is 4.42 Å². The van der Waals surface area contributed by atoms with Crippen LogP contribution in [0.1, 0.15) is 35.7 Å². The average molecular weight is 443 g/mol. The van der Waals surface area contributed by atoms with E-state index in [1.54, 1.807) is 6.07 Å². The zero-order chi connectivity index (χ0) is 21.8. The van der Waals surface area contributed by atoms with Crippen LogP contribution >= 0.6 is 11.8 Å². The molecule has 2 bridgehead atoms. The van der Waals surface area contributed by atoms with Gasteiger partial charge in [-0.05, 0) is 36.6 Å². The van der Waals surface area contributed by atoms with Crippen LogP contribution in [0.3, 0.4) is 0 Å². The summed E-state index contributed by atoms with van der Waals surface area (Å²) < 4.78 is 5.96. The van der Waals surface area contributed by atoms with Crippen molar-refractivity contribution < 1.29 is 9.21 Å². The zero-order valence-corrected chi connectivity index (χ0v) is 17.7. The second-order valence-corrected chi connectivity index (χ2v) is 9.02. The van der Waals surface area contributed by atoms with Gasteiger partial charge >= 0.3 is 0 Å². The van der Waals surface area contributed by atoms with Crippen LogP contribution < -0.4 is 5.56 Å². The fourth-order valence-corrected chi connectivity index (χ4v) is 5.75. The van der Waals surface area contributed by atoms with E-state index in [2.05, 4.69) is 15.0 Å². The van der Waals surface area contributed by atoms with Crippen LogP contribution in [0.2, 0.25) is 0 Å². The van der Waals surface area contributed by atoms with Gasteiger partial charge in [-0.1, -0.05) is 23.9 Å². The first kappa shape index (κ1) is 19.1. The predicted molar refractivity (Wildman–Crippen MR) is 118 cm³/mol. The molecule has 2 atom stereocenters. The standard InChI is InChI=1S/C23H17N5O3S/c24-9-12-7-15-16(27-22(12)30)8-13-5-6-17(15)28(13)19(29)10-32-23-21-20(25-11-26-23)14-3-1-2-4-18(14)31-21/h1-4,7,11,13,17H,5-6,8,10H2,(H,27,30). The molecule has 2 aliphatic heterocycles. The molecule has 1 amide bonds. The van der Waals surface area contributed by atoms with E-state index < -0.39 is 0 Å². The number of amides is 1. The first-order valence-electron chi connectivity index (χ1n) is 10.4. The third kappa shape index (κ3) is 2.83. The molecule has 1 N–H and O–H groups in total. The van der Waals surface area contributed by atoms with Crippen molar-refractivity contribution in [1.82, 2.24) is 19.9 Å². The Morgan fingerprint density at radius 2 is 2.19 bits per heavy atom. The Morgan fingerprint density at radius 1 is 1.31 bits per heavy atom. The molecule has 8 nitrogen and oxygen atoms in total. The van der Waals surface area contributed by atoms with Crippen LogP contribution in [0.15, 0.2) is 50.9 Å². The molecular weight excluding hydrogens is 426 g/mol. The largest absolute Gasteiger partial charge is 0.451 e. The van der Waals surface area contributed by atoms with Crippen LogP contribution in [-0.4, -0.2) is 37.6 Å². The second-order valence-electron chi connectivity index (χ2n) is 8.05. The lowest BCUT2D eigenvalue weighted by atomic mass is 9.96. The summed E-state index contributed by atoms with van der Waals surface area (Å²) in [5, 5.41) is 10.8. The maximum absolute atomic E-state index is 13.3. The number of nitriles is 1. The minimum absolute atomic E-state index is 0.0146. The summed E-state index contributed by atoms with van der Waals surface area (Å²) in [7, 11) is 0. The maximum atomic E-state index is 13.3. The molecule has 5 heterocycles. The number of furan rings is 1. The van der Waals surface area contributed by atoms with E-state index >= 15 is 0 Å². The van der Waals surface area contributed by atoms with E-state index in [1.807, 2.05) is 35.2 Å². The molecule has 0 saturated carbocycles. The third-order valence-electron chi connectivity index (χ3n) is 6.32. The summed E-state index contributed by atoms with van der Waals surface area (Å²) in [6.07, 6.45) is 3.80. The van der Waals surface area contributed by atoms with Crippen molar-refractivity contribution >= 4 is 39.7 Å². The molecule has 0 radical (unpaired) electrons. The number of rotatable bonds is 3. The molecule has 6 rings (SSSR count). The summed E-state index contributed by atoms with van der Waals surface area (Å²) in [6, 6.07) is 11.2. The predicted octanol–water partition coefficient (Wildman–Crippen LogP) is 3.32. The minimum Gasteiger partial charge on any atom is -0.451 e. The fourth-order valence-electron chi connectivity index (χ4n) is 4.95. The van der Waals surface area contributed by atoms with Crippen molar-refractivity contribution in [2.75, 3.05) is 5.75 Å². The van der Waals surface area contributed by atoms with Gasteiger partial charge in [0, 0.05) is 23.5 Å². The van der Waals surface area contributed by atoms with Crippen molar-refractivity contribution in [2.45, 2.75) is 36.4 Å². The van der Waals surface area contributed by atoms with Gasteiger partial charge < -0.3 is 14.3 Å². The Labute approximate surface area is 186 Å². The Kier molecular flexibility index (Phi) is 4.30. The molecule has 1 aromatic carbocycles. The quantitative estimate of drug-likeness (QED) is 0.381. The van der Waals surface area contributed by atoms with Crippen LogP contribution in [0.5, 0.6) is 0 Å². The summed E-state index contributed by atoms with van der Waals surface area (Å²) in [6.45, 7) is 0. The van der Waals surface area contributed by atoms with E-state index in [0.717, 1.165) is 40.6 Å². The fraction of sp³-hybridized carbons (Fsp3) is 0.261. The van der Waals surface area contributed by atoms with Crippen LogP contribution in [0, 0.1) is 11.3 Å². The normalized spacial score (nSPS) is 19.3. The molecule has 9 heteroatoms. The summed E-state index contributed by atoms with van der Waals surface area (Å²) in [5.41, 5.74) is 3.53. The van der Waals surface area contributed by atoms with Gasteiger partial charge in [-0.15, -0.1) is 0 Å². The summed E-state index contributed by atoms with van der Waals surface area (Å²) >= 11 is 1.34. The van der Waals surface area contributed by atoms with Gasteiger partial charge in [0.1, 0.15) is 34.1 Å². The first-order valence-corrected chi connectivity index (χ1v) is 11.3. The number of H-pyrrole nitrogens is 1. The Bertz CT molecular complexity index is 1500. The second kappa shape index (κ2) is 7.21. The highest BCUT2D eigenvalue weighted by molar-refractivity contribution is 8.00. The van der Waals surface area contributed by atoms with Gasteiger partial charge in [0.05, 0.1) is 11.8 Å². The van der Waals surface area contributed by atoms with Crippen LogP contribution in [-0.2, 0) is 11.2 Å². The van der Waals surface area contributed by atoms with Crippen molar-refractivity contribution in [3.8, 4) is 6.07 Å². The van der Waals surface area contributed by atoms with E-state index in [0.29, 0.717) is 17.0 Å². The number of benzene rings is 1. The van der Waals surface area contributed by atoms with Gasteiger partial charge in [-0.2, -0.15) is 5.26 Å². The third-order valence-corrected chi connectivity index (χ3v) is 7.28. The van der Waals surface area contributed by atoms with Crippen LogP contribution in [0.4, 0.5) is 0 Å². The molecule has 0 spiro atoms. The van der Waals surface area contributed by atoms with E-state index in [9.17, 15) is 14.9 Å². The molecule has 4 aromatic rings. The Hall–Kier alpha value is -3.64. The lowest BCUT2D eigenvalue weighted by Gasteiger charge is -2.36. The lowest BCUT2D eigenvalue weighted by molar-refractivity contribution is -0.131. The number of hydrogen-bond donors (Lipinski definition) is 1. The maximum Gasteiger partial charge on any atom is 0.266 e. The molecule has 2 unspecified atom stereocenters. The number of carbonyl (C=O) groups excluding carboxylic acids is 1. The smallest absolute Gasteiger partial charge is 0.266 e. The molecule has 1 fully saturated rings. The summed E-state index contributed by atoms with van der Waals surface area (Å²) in [4.78, 5) is 38.8. The number of para-hydroxylation sites is 1. The number of hydrogen-bond acceptors (Lipinski definition) is 7. The van der Waals surface area contributed by atoms with Gasteiger partial charge in [-0.3, -0.25) is 9.59 Å². The van der Waals surface area contributed by atoms with Crippen molar-refractivity contribution in [1.29, 1.82) is 5.26 Å². The SMILES string of the molecule is N#Cc1cc2c([nH]c1=O)CC1CCC2N1C(=O)CSc1ncnc2c1oc1ccccc12. The van der Waals surface area contributed by atoms with Crippen molar-refractivity contribution in [3.05, 3.63) is 63.8 Å². The summed E-state index contributed by atoms with van der Waals surface area (Å²) in [5.74, 6) is 0.237. The number of nitrogens with one attached hydrogen (secondary N) is 1. The molecule has 158 valence electrons. The Morgan fingerprint density at radius 3 is 3.06 bits per heavy atom. The lowest BCUT2D eigenvalue weighted by Crippen LogP contribution is -2.43. The number of carbonyl (C=O) groups is 1. The van der Waals surface area contributed by atoms with Gasteiger partial charge in [0.2, 0.25) is 5.91 Å². The highest BCUT2D eigenvalue weighted by Gasteiger charge is 2.43. The zero-order valence-electron chi connectivity index (χ0n) is 16.9. The number of aromatic amines is 1. The highest BCUT2D eigenvalue weighted by Crippen LogP contribution is 2.43. The van der Waals surface area contributed by atoms with E-state index in [1.165, 1.54) is 18.1 Å². The average Bonchev–Trinajstić information content (AvgIpc) is 3.35. The van der Waals surface area contributed by atoms with Crippen molar-refractivity contribution in [3.63, 3.8) is 0 Å². The van der Waals surface area contributed by atoms with Crippen LogP contribution in [0.25, 0.3) is 22.1 Å². The molecular formula is C23H17N5O3S. The number of fused-ring (bicyclic) bond motifs is 7. The molecule has 3 aromatic heterocycles. The number of nitrogens with zero attached hydrogens (tertiary/aromatic N) is 4. The molecule has 1 saturated heterocycles. The van der Waals surface area contributed by atoms with E-state index in [-0.39, 0.29) is 34.9 Å².